The fraction of sp³-hybridized carbons (Fsp3) is 0.571. The zero-order valence-corrected chi connectivity index (χ0v) is 12.9. The van der Waals surface area contributed by atoms with Crippen LogP contribution in [0.4, 0.5) is 5.69 Å². The van der Waals surface area contributed by atoms with Crippen molar-refractivity contribution in [3.63, 3.8) is 0 Å². The smallest absolute Gasteiger partial charge is 0.215 e. The summed E-state index contributed by atoms with van der Waals surface area (Å²) in [6.45, 7) is 0.0634. The van der Waals surface area contributed by atoms with Crippen LogP contribution in [0, 0.1) is 0 Å². The molecule has 0 spiro atoms. The standard InChI is InChI=1S/C14H22N2O4S/c1-19-14-8-4-6-12(14)16-21(17,18)10-9-20-13-7-3-2-5-11(13)15/h2-3,5,7,12,14,16H,4,6,8-10,15H2,1H3. The summed E-state index contributed by atoms with van der Waals surface area (Å²) >= 11 is 0. The van der Waals surface area contributed by atoms with Crippen LogP contribution in [0.15, 0.2) is 24.3 Å². The van der Waals surface area contributed by atoms with Crippen molar-refractivity contribution in [2.45, 2.75) is 31.4 Å². The van der Waals surface area contributed by atoms with Crippen molar-refractivity contribution in [2.24, 2.45) is 0 Å². The van der Waals surface area contributed by atoms with Gasteiger partial charge in [-0.3, -0.25) is 0 Å². The molecular weight excluding hydrogens is 292 g/mol. The third-order valence-electron chi connectivity index (χ3n) is 3.61. The maximum Gasteiger partial charge on any atom is 0.215 e. The first-order valence-corrected chi connectivity index (χ1v) is 8.67. The number of benzene rings is 1. The molecule has 1 aliphatic carbocycles. The Labute approximate surface area is 125 Å². The van der Waals surface area contributed by atoms with Gasteiger partial charge in [0.15, 0.2) is 0 Å². The predicted molar refractivity (Wildman–Crippen MR) is 81.7 cm³/mol. The third kappa shape index (κ3) is 4.59. The van der Waals surface area contributed by atoms with Crippen LogP contribution < -0.4 is 15.2 Å². The number of nitrogens with two attached hydrogens (primary N) is 1. The van der Waals surface area contributed by atoms with E-state index in [1.807, 2.05) is 0 Å². The lowest BCUT2D eigenvalue weighted by Gasteiger charge is -2.19. The van der Waals surface area contributed by atoms with E-state index in [4.69, 9.17) is 15.2 Å². The molecule has 1 aromatic rings. The third-order valence-corrected chi connectivity index (χ3v) is 4.98. The molecule has 21 heavy (non-hydrogen) atoms. The molecule has 3 N–H and O–H groups in total. The summed E-state index contributed by atoms with van der Waals surface area (Å²) in [5, 5.41) is 0. The fourth-order valence-corrected chi connectivity index (χ4v) is 3.66. The monoisotopic (exact) mass is 314 g/mol. The van der Waals surface area contributed by atoms with Gasteiger partial charge >= 0.3 is 0 Å². The Balaban J connectivity index is 1.83. The SMILES string of the molecule is COC1CCCC1NS(=O)(=O)CCOc1ccccc1N. The van der Waals surface area contributed by atoms with Crippen molar-refractivity contribution < 1.29 is 17.9 Å². The second kappa shape index (κ2) is 7.11. The van der Waals surface area contributed by atoms with E-state index in [-0.39, 0.29) is 24.5 Å². The van der Waals surface area contributed by atoms with Crippen molar-refractivity contribution in [3.8, 4) is 5.75 Å². The van der Waals surface area contributed by atoms with Gasteiger partial charge in [0.2, 0.25) is 10.0 Å². The molecule has 0 amide bonds. The molecule has 2 rings (SSSR count). The molecule has 0 saturated heterocycles. The molecule has 1 aliphatic rings. The minimum Gasteiger partial charge on any atom is -0.490 e. The number of nitrogens with one attached hydrogen (secondary N) is 1. The highest BCUT2D eigenvalue weighted by atomic mass is 32.2. The van der Waals surface area contributed by atoms with Gasteiger partial charge in [-0.15, -0.1) is 0 Å². The molecule has 0 heterocycles. The summed E-state index contributed by atoms with van der Waals surface area (Å²) in [5.74, 6) is 0.400. The van der Waals surface area contributed by atoms with Crippen LogP contribution in [-0.4, -0.2) is 40.0 Å². The van der Waals surface area contributed by atoms with Crippen LogP contribution in [0.2, 0.25) is 0 Å². The maximum atomic E-state index is 12.0. The minimum absolute atomic E-state index is 0.0366. The number of hydrogen-bond donors (Lipinski definition) is 2. The summed E-state index contributed by atoms with van der Waals surface area (Å²) in [6.07, 6.45) is 2.64. The number of anilines is 1. The van der Waals surface area contributed by atoms with Gasteiger partial charge in [-0.25, -0.2) is 13.1 Å². The highest BCUT2D eigenvalue weighted by Crippen LogP contribution is 2.22. The Kier molecular flexibility index (Phi) is 5.44. The summed E-state index contributed by atoms with van der Waals surface area (Å²) in [6, 6.07) is 6.88. The first kappa shape index (κ1) is 16.1. The molecule has 0 aliphatic heterocycles. The summed E-state index contributed by atoms with van der Waals surface area (Å²) in [7, 11) is -1.78. The van der Waals surface area contributed by atoms with Gasteiger partial charge in [0, 0.05) is 13.2 Å². The van der Waals surface area contributed by atoms with E-state index in [1.54, 1.807) is 31.4 Å². The van der Waals surface area contributed by atoms with Gasteiger partial charge in [0.1, 0.15) is 12.4 Å². The fourth-order valence-electron chi connectivity index (χ4n) is 2.51. The molecule has 1 saturated carbocycles. The van der Waals surface area contributed by atoms with Gasteiger partial charge in [-0.2, -0.15) is 0 Å². The van der Waals surface area contributed by atoms with Crippen molar-refractivity contribution in [3.05, 3.63) is 24.3 Å². The average molecular weight is 314 g/mol. The van der Waals surface area contributed by atoms with Crippen LogP contribution in [-0.2, 0) is 14.8 Å². The molecule has 118 valence electrons. The number of sulfonamides is 1. The van der Waals surface area contributed by atoms with Crippen molar-refractivity contribution in [2.75, 3.05) is 25.2 Å². The van der Waals surface area contributed by atoms with Gasteiger partial charge in [-0.1, -0.05) is 12.1 Å². The number of methoxy groups -OCH3 is 1. The number of ether oxygens (including phenoxy) is 2. The van der Waals surface area contributed by atoms with Gasteiger partial charge in [0.25, 0.3) is 0 Å². The van der Waals surface area contributed by atoms with Crippen molar-refractivity contribution in [1.82, 2.24) is 4.72 Å². The first-order valence-electron chi connectivity index (χ1n) is 7.02. The lowest BCUT2D eigenvalue weighted by Crippen LogP contribution is -2.42. The highest BCUT2D eigenvalue weighted by Gasteiger charge is 2.30. The zero-order valence-electron chi connectivity index (χ0n) is 12.1. The highest BCUT2D eigenvalue weighted by molar-refractivity contribution is 7.89. The normalized spacial score (nSPS) is 22.3. The number of nitrogen functional groups attached to an aromatic ring is 1. The zero-order chi connectivity index (χ0) is 15.3. The molecule has 0 radical (unpaired) electrons. The average Bonchev–Trinajstić information content (AvgIpc) is 2.87. The van der Waals surface area contributed by atoms with Crippen LogP contribution in [0.5, 0.6) is 5.75 Å². The van der Waals surface area contributed by atoms with Crippen molar-refractivity contribution >= 4 is 15.7 Å². The Morgan fingerprint density at radius 2 is 2.10 bits per heavy atom. The van der Waals surface area contributed by atoms with E-state index in [2.05, 4.69) is 4.72 Å². The maximum absolute atomic E-state index is 12.0. The molecule has 2 unspecified atom stereocenters. The largest absolute Gasteiger partial charge is 0.490 e. The van der Waals surface area contributed by atoms with E-state index < -0.39 is 10.0 Å². The molecule has 0 aromatic heterocycles. The molecule has 0 bridgehead atoms. The van der Waals surface area contributed by atoms with Gasteiger partial charge < -0.3 is 15.2 Å². The van der Waals surface area contributed by atoms with E-state index in [0.717, 1.165) is 19.3 Å². The lowest BCUT2D eigenvalue weighted by atomic mass is 10.2. The molecular formula is C14H22N2O4S. The summed E-state index contributed by atoms with van der Waals surface area (Å²) in [4.78, 5) is 0. The van der Waals surface area contributed by atoms with Gasteiger partial charge in [-0.05, 0) is 31.4 Å². The first-order chi connectivity index (χ1) is 10.0. The molecule has 1 fully saturated rings. The lowest BCUT2D eigenvalue weighted by molar-refractivity contribution is 0.0916. The Bertz CT molecular complexity index is 562. The van der Waals surface area contributed by atoms with Crippen LogP contribution in [0.25, 0.3) is 0 Å². The molecule has 7 heteroatoms. The van der Waals surface area contributed by atoms with Crippen LogP contribution in [0.1, 0.15) is 19.3 Å². The molecule has 2 atom stereocenters. The second-order valence-electron chi connectivity index (χ2n) is 5.13. The Morgan fingerprint density at radius 1 is 1.33 bits per heavy atom. The Hall–Kier alpha value is -1.31. The quantitative estimate of drug-likeness (QED) is 0.736. The second-order valence-corrected chi connectivity index (χ2v) is 7.01. The summed E-state index contributed by atoms with van der Waals surface area (Å²) in [5.41, 5.74) is 6.23. The molecule has 1 aromatic carbocycles. The number of rotatable bonds is 7. The number of para-hydroxylation sites is 2. The topological polar surface area (TPSA) is 90.6 Å². The van der Waals surface area contributed by atoms with E-state index in [1.165, 1.54) is 0 Å². The minimum atomic E-state index is -3.39. The number of hydrogen-bond acceptors (Lipinski definition) is 5. The van der Waals surface area contributed by atoms with Gasteiger partial charge in [0.05, 0.1) is 17.5 Å². The van der Waals surface area contributed by atoms with Crippen LogP contribution in [0.3, 0.4) is 0 Å². The van der Waals surface area contributed by atoms with E-state index in [0.29, 0.717) is 11.4 Å². The predicted octanol–water partition coefficient (Wildman–Crippen LogP) is 1.13. The van der Waals surface area contributed by atoms with E-state index in [9.17, 15) is 8.42 Å². The molecule has 6 nitrogen and oxygen atoms in total. The Morgan fingerprint density at radius 3 is 2.81 bits per heavy atom. The van der Waals surface area contributed by atoms with Crippen LogP contribution >= 0.6 is 0 Å². The van der Waals surface area contributed by atoms with E-state index >= 15 is 0 Å². The van der Waals surface area contributed by atoms with Crippen molar-refractivity contribution in [1.29, 1.82) is 0 Å². The summed E-state index contributed by atoms with van der Waals surface area (Å²) < 4.78 is 37.5.